The highest BCUT2D eigenvalue weighted by Gasteiger charge is 2.25. The molecule has 2 N–H and O–H groups in total. The number of nitrogens with zero attached hydrogens (tertiary/aromatic N) is 1. The van der Waals surface area contributed by atoms with Crippen molar-refractivity contribution in [2.75, 3.05) is 26.2 Å². The maximum Gasteiger partial charge on any atom is 0.0824 e. The van der Waals surface area contributed by atoms with Crippen LogP contribution >= 0.6 is 0 Å². The average molecular weight is 200 g/mol. The van der Waals surface area contributed by atoms with Crippen LogP contribution in [0.4, 0.5) is 0 Å². The summed E-state index contributed by atoms with van der Waals surface area (Å²) in [7, 11) is 0. The summed E-state index contributed by atoms with van der Waals surface area (Å²) in [6, 6.07) is 0.548. The summed E-state index contributed by atoms with van der Waals surface area (Å²) in [5.41, 5.74) is 5.62. The van der Waals surface area contributed by atoms with Gasteiger partial charge in [0.25, 0.3) is 0 Å². The molecule has 0 bridgehead atoms. The predicted molar refractivity (Wildman–Crippen MR) is 59.3 cm³/mol. The Bertz CT molecular complexity index is 161. The van der Waals surface area contributed by atoms with Crippen molar-refractivity contribution < 1.29 is 4.74 Å². The summed E-state index contributed by atoms with van der Waals surface area (Å²) >= 11 is 0. The highest BCUT2D eigenvalue weighted by Crippen LogP contribution is 2.14. The number of rotatable bonds is 4. The first-order valence-corrected chi connectivity index (χ1v) is 5.73. The topological polar surface area (TPSA) is 38.5 Å². The molecule has 1 heterocycles. The van der Waals surface area contributed by atoms with Gasteiger partial charge in [-0.05, 0) is 12.8 Å². The molecule has 84 valence electrons. The van der Waals surface area contributed by atoms with Crippen molar-refractivity contribution in [1.82, 2.24) is 4.90 Å². The maximum atomic E-state index is 5.62. The Morgan fingerprint density at radius 3 is 2.86 bits per heavy atom. The first-order chi connectivity index (χ1) is 6.67. The lowest BCUT2D eigenvalue weighted by Crippen LogP contribution is -2.51. The summed E-state index contributed by atoms with van der Waals surface area (Å²) in [5.74, 6) is 0.772. The molecular weight excluding hydrogens is 176 g/mol. The van der Waals surface area contributed by atoms with Crippen LogP contribution in [0, 0.1) is 5.92 Å². The fraction of sp³-hybridized carbons (Fsp3) is 1.00. The Morgan fingerprint density at radius 2 is 2.29 bits per heavy atom. The summed E-state index contributed by atoms with van der Waals surface area (Å²) < 4.78 is 5.62. The van der Waals surface area contributed by atoms with Crippen LogP contribution in [0.5, 0.6) is 0 Å². The minimum absolute atomic E-state index is 0.246. The van der Waals surface area contributed by atoms with E-state index in [1.165, 1.54) is 13.0 Å². The van der Waals surface area contributed by atoms with Crippen LogP contribution in [0.2, 0.25) is 0 Å². The Morgan fingerprint density at radius 1 is 1.57 bits per heavy atom. The molecule has 0 amide bonds. The van der Waals surface area contributed by atoms with Gasteiger partial charge in [-0.15, -0.1) is 0 Å². The van der Waals surface area contributed by atoms with Crippen LogP contribution in [-0.2, 0) is 4.74 Å². The van der Waals surface area contributed by atoms with Crippen molar-refractivity contribution in [2.24, 2.45) is 11.7 Å². The highest BCUT2D eigenvalue weighted by atomic mass is 16.5. The molecule has 3 atom stereocenters. The fourth-order valence-corrected chi connectivity index (χ4v) is 1.80. The lowest BCUT2D eigenvalue weighted by atomic mass is 10.1. The van der Waals surface area contributed by atoms with Gasteiger partial charge in [-0.25, -0.2) is 0 Å². The number of nitrogens with two attached hydrogens (primary N) is 1. The average Bonchev–Trinajstić information content (AvgIpc) is 2.21. The van der Waals surface area contributed by atoms with Gasteiger partial charge >= 0.3 is 0 Å². The normalized spacial score (nSPS) is 31.7. The SMILES string of the molecule is CCC(C)CN1CC(CN)OCC1C. The molecule has 1 saturated heterocycles. The zero-order chi connectivity index (χ0) is 10.6. The minimum Gasteiger partial charge on any atom is -0.374 e. The van der Waals surface area contributed by atoms with Gasteiger partial charge in [-0.1, -0.05) is 20.3 Å². The van der Waals surface area contributed by atoms with Crippen LogP contribution in [-0.4, -0.2) is 43.3 Å². The van der Waals surface area contributed by atoms with E-state index in [1.54, 1.807) is 0 Å². The number of hydrogen-bond donors (Lipinski definition) is 1. The molecule has 1 rings (SSSR count). The van der Waals surface area contributed by atoms with Crippen LogP contribution in [0.1, 0.15) is 27.2 Å². The lowest BCUT2D eigenvalue weighted by Gasteiger charge is -2.38. The first-order valence-electron chi connectivity index (χ1n) is 5.73. The monoisotopic (exact) mass is 200 g/mol. The third-order valence-electron chi connectivity index (χ3n) is 3.14. The number of morpholine rings is 1. The molecule has 1 fully saturated rings. The molecule has 0 aromatic carbocycles. The quantitative estimate of drug-likeness (QED) is 0.738. The third kappa shape index (κ3) is 3.23. The molecule has 0 spiro atoms. The molecule has 1 aliphatic rings. The van der Waals surface area contributed by atoms with Gasteiger partial charge in [-0.3, -0.25) is 4.90 Å². The van der Waals surface area contributed by atoms with E-state index in [2.05, 4.69) is 25.7 Å². The molecule has 0 radical (unpaired) electrons. The van der Waals surface area contributed by atoms with Crippen molar-refractivity contribution in [1.29, 1.82) is 0 Å². The molecular formula is C11H24N2O. The van der Waals surface area contributed by atoms with E-state index in [0.29, 0.717) is 12.6 Å². The van der Waals surface area contributed by atoms with E-state index < -0.39 is 0 Å². The predicted octanol–water partition coefficient (Wildman–Crippen LogP) is 1.08. The van der Waals surface area contributed by atoms with Crippen LogP contribution in [0.15, 0.2) is 0 Å². The van der Waals surface area contributed by atoms with E-state index in [0.717, 1.165) is 19.1 Å². The third-order valence-corrected chi connectivity index (χ3v) is 3.14. The Labute approximate surface area is 87.6 Å². The van der Waals surface area contributed by atoms with Crippen LogP contribution in [0.25, 0.3) is 0 Å². The molecule has 0 aromatic rings. The number of ether oxygens (including phenoxy) is 1. The molecule has 0 aliphatic carbocycles. The van der Waals surface area contributed by atoms with Crippen LogP contribution in [0.3, 0.4) is 0 Å². The van der Waals surface area contributed by atoms with Crippen molar-refractivity contribution in [3.8, 4) is 0 Å². The molecule has 0 aromatic heterocycles. The molecule has 0 saturated carbocycles. The minimum atomic E-state index is 0.246. The maximum absolute atomic E-state index is 5.62. The second kappa shape index (κ2) is 5.69. The van der Waals surface area contributed by atoms with E-state index in [9.17, 15) is 0 Å². The summed E-state index contributed by atoms with van der Waals surface area (Å²) in [4.78, 5) is 2.51. The van der Waals surface area contributed by atoms with Gasteiger partial charge in [0.15, 0.2) is 0 Å². The van der Waals surface area contributed by atoms with Gasteiger partial charge in [0.05, 0.1) is 12.7 Å². The first kappa shape index (κ1) is 12.0. The number of hydrogen-bond acceptors (Lipinski definition) is 3. The van der Waals surface area contributed by atoms with Gasteiger partial charge in [0, 0.05) is 25.7 Å². The fourth-order valence-electron chi connectivity index (χ4n) is 1.80. The van der Waals surface area contributed by atoms with Crippen molar-refractivity contribution in [3.05, 3.63) is 0 Å². The second-order valence-electron chi connectivity index (χ2n) is 4.51. The van der Waals surface area contributed by atoms with Crippen molar-refractivity contribution in [3.63, 3.8) is 0 Å². The highest BCUT2D eigenvalue weighted by molar-refractivity contribution is 4.78. The van der Waals surface area contributed by atoms with Gasteiger partial charge in [0.2, 0.25) is 0 Å². The molecule has 3 nitrogen and oxygen atoms in total. The van der Waals surface area contributed by atoms with E-state index in [4.69, 9.17) is 10.5 Å². The standard InChI is InChI=1S/C11H24N2O/c1-4-9(2)6-13-7-11(5-12)14-8-10(13)3/h9-11H,4-8,12H2,1-3H3. The Balaban J connectivity index is 2.40. The van der Waals surface area contributed by atoms with Crippen molar-refractivity contribution in [2.45, 2.75) is 39.3 Å². The van der Waals surface area contributed by atoms with Crippen LogP contribution < -0.4 is 5.73 Å². The lowest BCUT2D eigenvalue weighted by molar-refractivity contribution is -0.0575. The zero-order valence-electron chi connectivity index (χ0n) is 9.70. The van der Waals surface area contributed by atoms with Gasteiger partial charge in [-0.2, -0.15) is 0 Å². The molecule has 3 heteroatoms. The molecule has 14 heavy (non-hydrogen) atoms. The summed E-state index contributed by atoms with van der Waals surface area (Å²) in [6.45, 7) is 10.4. The Hall–Kier alpha value is -0.120. The largest absolute Gasteiger partial charge is 0.374 e. The summed E-state index contributed by atoms with van der Waals surface area (Å²) in [6.07, 6.45) is 1.49. The van der Waals surface area contributed by atoms with Gasteiger partial charge in [0.1, 0.15) is 0 Å². The Kier molecular flexibility index (Phi) is 4.85. The summed E-state index contributed by atoms with van der Waals surface area (Å²) in [5, 5.41) is 0. The smallest absolute Gasteiger partial charge is 0.0824 e. The second-order valence-corrected chi connectivity index (χ2v) is 4.51. The zero-order valence-corrected chi connectivity index (χ0v) is 9.70. The van der Waals surface area contributed by atoms with E-state index in [-0.39, 0.29) is 6.10 Å². The molecule has 3 unspecified atom stereocenters. The van der Waals surface area contributed by atoms with E-state index >= 15 is 0 Å². The molecule has 1 aliphatic heterocycles. The van der Waals surface area contributed by atoms with E-state index in [1.807, 2.05) is 0 Å². The van der Waals surface area contributed by atoms with Gasteiger partial charge < -0.3 is 10.5 Å². The van der Waals surface area contributed by atoms with Crippen molar-refractivity contribution >= 4 is 0 Å².